The number of aliphatic hydroxyl groups excluding tert-OH is 1. The number of rotatable bonds is 3. The summed E-state index contributed by atoms with van der Waals surface area (Å²) in [5, 5.41) is 8.99. The van der Waals surface area contributed by atoms with Gasteiger partial charge in [0.25, 0.3) is 5.92 Å². The number of halogens is 2. The van der Waals surface area contributed by atoms with Crippen LogP contribution in [0.15, 0.2) is 17.1 Å². The van der Waals surface area contributed by atoms with E-state index in [-0.39, 0.29) is 12.4 Å². The molecule has 1 fully saturated rings. The minimum absolute atomic E-state index is 0.0296. The zero-order valence-corrected chi connectivity index (χ0v) is 10.3. The lowest BCUT2D eigenvalue weighted by Crippen LogP contribution is -2.39. The third kappa shape index (κ3) is 2.45. The molecule has 0 saturated carbocycles. The summed E-state index contributed by atoms with van der Waals surface area (Å²) in [7, 11) is 0. The van der Waals surface area contributed by atoms with Crippen LogP contribution >= 0.6 is 0 Å². The van der Waals surface area contributed by atoms with Gasteiger partial charge in [0.15, 0.2) is 0 Å². The summed E-state index contributed by atoms with van der Waals surface area (Å²) in [6, 6.07) is 1.35. The van der Waals surface area contributed by atoms with Crippen molar-refractivity contribution < 1.29 is 18.6 Å². The van der Waals surface area contributed by atoms with E-state index in [0.29, 0.717) is 0 Å². The maximum Gasteiger partial charge on any atom is 0.349 e. The van der Waals surface area contributed by atoms with Gasteiger partial charge in [-0.3, -0.25) is 4.57 Å². The molecule has 1 aromatic rings. The van der Waals surface area contributed by atoms with E-state index in [2.05, 4.69) is 4.98 Å². The van der Waals surface area contributed by atoms with Crippen LogP contribution in [0.2, 0.25) is 0 Å². The van der Waals surface area contributed by atoms with Gasteiger partial charge in [0.05, 0.1) is 25.2 Å². The molecule has 8 heteroatoms. The van der Waals surface area contributed by atoms with E-state index in [9.17, 15) is 13.6 Å². The van der Waals surface area contributed by atoms with E-state index >= 15 is 0 Å². The Kier molecular flexibility index (Phi) is 3.55. The monoisotopic (exact) mass is 275 g/mol. The molecule has 1 saturated heterocycles. The molecule has 6 nitrogen and oxygen atoms in total. The van der Waals surface area contributed by atoms with Gasteiger partial charge in [-0.2, -0.15) is 4.98 Å². The normalized spacial score (nSPS) is 29.6. The number of aromatic nitrogens is 2. The number of ether oxygens (including phenoxy) is 1. The number of aliphatic hydroxyl groups is 1. The molecule has 2 unspecified atom stereocenters. The Labute approximate surface area is 107 Å². The molecule has 0 aromatic carbocycles. The van der Waals surface area contributed by atoms with Gasteiger partial charge in [-0.25, -0.2) is 13.6 Å². The highest BCUT2D eigenvalue weighted by atomic mass is 19.3. The minimum Gasteiger partial charge on any atom is -0.394 e. The largest absolute Gasteiger partial charge is 0.394 e. The van der Waals surface area contributed by atoms with E-state index in [1.807, 2.05) is 0 Å². The molecule has 2 rings (SSSR count). The predicted octanol–water partition coefficient (Wildman–Crippen LogP) is -0.143. The molecule has 2 heterocycles. The molecule has 1 aliphatic rings. The lowest BCUT2D eigenvalue weighted by Gasteiger charge is -2.20. The smallest absolute Gasteiger partial charge is 0.349 e. The Balaban J connectivity index is 2.21. The Morgan fingerprint density at radius 1 is 1.63 bits per heavy atom. The van der Waals surface area contributed by atoms with Crippen LogP contribution in [0, 0.1) is 5.92 Å². The summed E-state index contributed by atoms with van der Waals surface area (Å²) in [5.74, 6) is -4.20. The van der Waals surface area contributed by atoms with Gasteiger partial charge in [0.1, 0.15) is 11.9 Å². The molecule has 0 spiro atoms. The number of nitrogen functional groups attached to an aromatic ring is 1. The molecule has 0 bridgehead atoms. The summed E-state index contributed by atoms with van der Waals surface area (Å²) in [4.78, 5) is 15.0. The first-order chi connectivity index (χ1) is 8.86. The molecular weight excluding hydrogens is 260 g/mol. The Bertz CT molecular complexity index is 520. The fourth-order valence-electron chi connectivity index (χ4n) is 2.09. The van der Waals surface area contributed by atoms with Crippen molar-refractivity contribution in [3.8, 4) is 0 Å². The van der Waals surface area contributed by atoms with Crippen molar-refractivity contribution in [2.45, 2.75) is 31.6 Å². The van der Waals surface area contributed by atoms with Crippen LogP contribution in [0.1, 0.15) is 6.92 Å². The van der Waals surface area contributed by atoms with Crippen molar-refractivity contribution in [3.63, 3.8) is 0 Å². The lowest BCUT2D eigenvalue weighted by atomic mass is 9.97. The average Bonchev–Trinajstić information content (AvgIpc) is 2.56. The first-order valence-electron chi connectivity index (χ1n) is 5.83. The molecule has 106 valence electrons. The van der Waals surface area contributed by atoms with Gasteiger partial charge in [-0.15, -0.1) is 0 Å². The number of nitrogens with zero attached hydrogens (tertiary/aromatic N) is 2. The van der Waals surface area contributed by atoms with Gasteiger partial charge in [-0.05, 0) is 6.07 Å². The fourth-order valence-corrected chi connectivity index (χ4v) is 2.09. The van der Waals surface area contributed by atoms with Crippen molar-refractivity contribution >= 4 is 5.82 Å². The van der Waals surface area contributed by atoms with Crippen molar-refractivity contribution in [3.05, 3.63) is 22.7 Å². The van der Waals surface area contributed by atoms with Crippen LogP contribution in [0.3, 0.4) is 0 Å². The van der Waals surface area contributed by atoms with Gasteiger partial charge in [0, 0.05) is 6.20 Å². The summed E-state index contributed by atoms with van der Waals surface area (Å²) in [6.45, 7) is 0.493. The van der Waals surface area contributed by atoms with Gasteiger partial charge in [0.2, 0.25) is 0 Å². The van der Waals surface area contributed by atoms with Crippen molar-refractivity contribution in [2.75, 3.05) is 12.3 Å². The van der Waals surface area contributed by atoms with Crippen LogP contribution in [0.5, 0.6) is 0 Å². The van der Waals surface area contributed by atoms with Crippen LogP contribution in [0.25, 0.3) is 0 Å². The summed E-state index contributed by atoms with van der Waals surface area (Å²) in [5.41, 5.74) is 4.61. The van der Waals surface area contributed by atoms with E-state index in [0.717, 1.165) is 4.57 Å². The number of nitrogens with two attached hydrogens (primary N) is 1. The number of hydrogen-bond donors (Lipinski definition) is 2. The highest BCUT2D eigenvalue weighted by molar-refractivity contribution is 5.23. The highest BCUT2D eigenvalue weighted by Gasteiger charge is 2.56. The van der Waals surface area contributed by atoms with Crippen LogP contribution in [0.4, 0.5) is 14.6 Å². The van der Waals surface area contributed by atoms with Gasteiger partial charge < -0.3 is 15.6 Å². The summed E-state index contributed by atoms with van der Waals surface area (Å²) >= 11 is 0. The van der Waals surface area contributed by atoms with Gasteiger partial charge in [-0.1, -0.05) is 6.92 Å². The van der Waals surface area contributed by atoms with Crippen LogP contribution < -0.4 is 11.4 Å². The third-order valence-electron chi connectivity index (χ3n) is 3.37. The zero-order valence-electron chi connectivity index (χ0n) is 10.3. The lowest BCUT2D eigenvalue weighted by molar-refractivity contribution is -0.0933. The second kappa shape index (κ2) is 4.86. The first-order valence-corrected chi connectivity index (χ1v) is 5.83. The quantitative estimate of drug-likeness (QED) is 0.801. The van der Waals surface area contributed by atoms with Crippen molar-refractivity contribution in [1.29, 1.82) is 0 Å². The van der Waals surface area contributed by atoms with Crippen LogP contribution in [-0.4, -0.2) is 39.4 Å². The third-order valence-corrected chi connectivity index (χ3v) is 3.37. The predicted molar refractivity (Wildman–Crippen MR) is 62.8 cm³/mol. The second-order valence-corrected chi connectivity index (χ2v) is 4.60. The average molecular weight is 275 g/mol. The molecule has 3 N–H and O–H groups in total. The first kappa shape index (κ1) is 13.9. The number of alkyl halides is 2. The fraction of sp³-hybridized carbons (Fsp3) is 0.636. The Hall–Kier alpha value is -1.54. The summed E-state index contributed by atoms with van der Waals surface area (Å²) in [6.07, 6.45) is -1.11. The number of hydrogen-bond acceptors (Lipinski definition) is 5. The zero-order chi connectivity index (χ0) is 14.2. The molecule has 0 radical (unpaired) electrons. The van der Waals surface area contributed by atoms with E-state index in [1.165, 1.54) is 19.2 Å². The van der Waals surface area contributed by atoms with Crippen molar-refractivity contribution in [1.82, 2.24) is 9.55 Å². The molecule has 1 aromatic heterocycles. The number of anilines is 1. The van der Waals surface area contributed by atoms with Crippen LogP contribution in [-0.2, 0) is 11.3 Å². The minimum atomic E-state index is -3.12. The maximum atomic E-state index is 13.9. The van der Waals surface area contributed by atoms with E-state index in [4.69, 9.17) is 15.6 Å². The molecule has 0 amide bonds. The Morgan fingerprint density at radius 3 is 2.84 bits per heavy atom. The Morgan fingerprint density at radius 2 is 2.32 bits per heavy atom. The van der Waals surface area contributed by atoms with Crippen molar-refractivity contribution in [2.24, 2.45) is 5.92 Å². The molecule has 3 atom stereocenters. The maximum absolute atomic E-state index is 13.9. The molecule has 1 aliphatic heterocycles. The van der Waals surface area contributed by atoms with Gasteiger partial charge >= 0.3 is 5.69 Å². The standard InChI is InChI=1S/C11H15F2N3O3/c1-6-7(5-17)19-8(11(6,12)13)4-16-3-2-9(14)15-10(16)18/h2-3,6-8,17H,4-5H2,1H3,(H2,14,15,18)/t6-,7?,8?/m1/s1. The molecule has 0 aliphatic carbocycles. The molecular formula is C11H15F2N3O3. The highest BCUT2D eigenvalue weighted by Crippen LogP contribution is 2.41. The van der Waals surface area contributed by atoms with E-state index < -0.39 is 36.3 Å². The topological polar surface area (TPSA) is 90.4 Å². The second-order valence-electron chi connectivity index (χ2n) is 4.60. The van der Waals surface area contributed by atoms with E-state index in [1.54, 1.807) is 0 Å². The summed E-state index contributed by atoms with van der Waals surface area (Å²) < 4.78 is 34.0. The SMILES string of the molecule is C[C@@H]1C(CO)OC(Cn2ccc(N)nc2=O)C1(F)F. The molecule has 19 heavy (non-hydrogen) atoms.